The molecule has 164 valence electrons. The summed E-state index contributed by atoms with van der Waals surface area (Å²) in [7, 11) is 0. The lowest BCUT2D eigenvalue weighted by atomic mass is 9.48. The molecule has 5 aliphatic carbocycles. The summed E-state index contributed by atoms with van der Waals surface area (Å²) in [5.41, 5.74) is 5.31. The van der Waals surface area contributed by atoms with Crippen molar-refractivity contribution in [1.29, 1.82) is 0 Å². The SMILES string of the molecule is O=C(O)C=CC1(OCNO)C=CC(c2cccc(C34CC5CC(CC(C5)C3)C4)c2)=CC1. The molecule has 5 aliphatic rings. The van der Waals surface area contributed by atoms with Crippen LogP contribution >= 0.6 is 0 Å². The number of rotatable bonds is 7. The van der Waals surface area contributed by atoms with Gasteiger partial charge in [-0.2, -0.15) is 5.48 Å². The number of benzene rings is 1. The number of hydrogen-bond donors (Lipinski definition) is 3. The van der Waals surface area contributed by atoms with E-state index >= 15 is 0 Å². The quantitative estimate of drug-likeness (QED) is 0.334. The summed E-state index contributed by atoms with van der Waals surface area (Å²) < 4.78 is 5.70. The zero-order valence-electron chi connectivity index (χ0n) is 17.8. The number of carboxylic acids is 1. The van der Waals surface area contributed by atoms with Gasteiger partial charge >= 0.3 is 5.97 Å². The maximum Gasteiger partial charge on any atom is 0.328 e. The van der Waals surface area contributed by atoms with Gasteiger partial charge in [0.2, 0.25) is 0 Å². The number of carbonyl (C=O) groups is 1. The molecule has 0 amide bonds. The summed E-state index contributed by atoms with van der Waals surface area (Å²) in [6.45, 7) is -0.0843. The fourth-order valence-corrected chi connectivity index (χ4v) is 7.00. The van der Waals surface area contributed by atoms with Gasteiger partial charge in [-0.15, -0.1) is 0 Å². The van der Waals surface area contributed by atoms with Gasteiger partial charge in [0.25, 0.3) is 0 Å². The first-order valence-electron chi connectivity index (χ1n) is 11.4. The van der Waals surface area contributed by atoms with E-state index in [2.05, 4.69) is 30.3 Å². The molecule has 0 aliphatic heterocycles. The van der Waals surface area contributed by atoms with Crippen LogP contribution in [0.5, 0.6) is 0 Å². The smallest absolute Gasteiger partial charge is 0.328 e. The van der Waals surface area contributed by atoms with Crippen LogP contribution in [0.3, 0.4) is 0 Å². The van der Waals surface area contributed by atoms with Crippen molar-refractivity contribution in [3.63, 3.8) is 0 Å². The molecule has 6 rings (SSSR count). The lowest BCUT2D eigenvalue weighted by Gasteiger charge is -2.57. The van der Waals surface area contributed by atoms with Crippen LogP contribution in [0.25, 0.3) is 5.57 Å². The molecule has 1 aromatic rings. The normalized spacial score (nSPS) is 36.2. The maximum atomic E-state index is 11.0. The number of allylic oxidation sites excluding steroid dienone is 2. The largest absolute Gasteiger partial charge is 0.478 e. The van der Waals surface area contributed by atoms with Crippen molar-refractivity contribution in [1.82, 2.24) is 5.48 Å². The van der Waals surface area contributed by atoms with Crippen LogP contribution in [0.15, 0.2) is 54.6 Å². The summed E-state index contributed by atoms with van der Waals surface area (Å²) in [5.74, 6) is 1.74. The molecule has 1 aromatic carbocycles. The van der Waals surface area contributed by atoms with Gasteiger partial charge < -0.3 is 15.1 Å². The average Bonchev–Trinajstić information content (AvgIpc) is 2.76. The van der Waals surface area contributed by atoms with Gasteiger partial charge in [0, 0.05) is 12.5 Å². The Morgan fingerprint density at radius 3 is 2.45 bits per heavy atom. The van der Waals surface area contributed by atoms with E-state index in [1.54, 1.807) is 0 Å². The molecule has 5 heteroatoms. The highest BCUT2D eigenvalue weighted by atomic mass is 16.6. The zero-order valence-corrected chi connectivity index (χ0v) is 17.8. The van der Waals surface area contributed by atoms with Crippen LogP contribution in [0.1, 0.15) is 56.1 Å². The summed E-state index contributed by atoms with van der Waals surface area (Å²) in [6, 6.07) is 9.08. The van der Waals surface area contributed by atoms with Crippen molar-refractivity contribution >= 4 is 11.5 Å². The Balaban J connectivity index is 1.38. The second-order valence-corrected chi connectivity index (χ2v) is 10.0. The molecule has 4 saturated carbocycles. The first-order valence-corrected chi connectivity index (χ1v) is 11.4. The molecule has 1 atom stereocenters. The summed E-state index contributed by atoms with van der Waals surface area (Å²) in [5, 5.41) is 17.9. The van der Waals surface area contributed by atoms with Gasteiger partial charge in [0.05, 0.1) is 0 Å². The van der Waals surface area contributed by atoms with Crippen LogP contribution in [-0.2, 0) is 14.9 Å². The number of ether oxygens (including phenoxy) is 1. The van der Waals surface area contributed by atoms with E-state index in [1.807, 2.05) is 17.6 Å². The molecule has 1 unspecified atom stereocenters. The second-order valence-electron chi connectivity index (χ2n) is 10.0. The second kappa shape index (κ2) is 8.05. The Bertz CT molecular complexity index is 911. The van der Waals surface area contributed by atoms with Crippen LogP contribution in [0.4, 0.5) is 0 Å². The van der Waals surface area contributed by atoms with Crippen molar-refractivity contribution in [3.8, 4) is 0 Å². The monoisotopic (exact) mass is 421 g/mol. The fraction of sp³-hybridized carbons (Fsp3) is 0.500. The maximum absolute atomic E-state index is 11.0. The fourth-order valence-electron chi connectivity index (χ4n) is 7.00. The molecule has 0 aromatic heterocycles. The topological polar surface area (TPSA) is 78.8 Å². The van der Waals surface area contributed by atoms with Gasteiger partial charge in [0.15, 0.2) is 0 Å². The summed E-state index contributed by atoms with van der Waals surface area (Å²) in [6.07, 6.45) is 17.5. The van der Waals surface area contributed by atoms with Gasteiger partial charge in [0.1, 0.15) is 12.3 Å². The molecule has 0 spiro atoms. The number of aliphatic carboxylic acids is 1. The minimum absolute atomic E-state index is 0.0843. The van der Waals surface area contributed by atoms with E-state index in [1.165, 1.54) is 55.7 Å². The molecule has 0 radical (unpaired) electrons. The van der Waals surface area contributed by atoms with E-state index in [4.69, 9.17) is 15.1 Å². The third-order valence-corrected chi connectivity index (χ3v) is 7.95. The first-order chi connectivity index (χ1) is 15.0. The standard InChI is InChI=1S/C26H31NO4/c28-24(29)6-9-26(31-17-27-30)7-4-21(5-8-26)22-2-1-3-23(13-22)25-14-18-10-19(15-25)12-20(11-18)16-25/h1-7,9,13,18-20,27,30H,8,10-12,14-17H2,(H,28,29). The molecule has 0 heterocycles. The van der Waals surface area contributed by atoms with Gasteiger partial charge in [-0.05, 0) is 90.5 Å². The van der Waals surface area contributed by atoms with Gasteiger partial charge in [-0.1, -0.05) is 36.4 Å². The predicted octanol–water partition coefficient (Wildman–Crippen LogP) is 4.83. The van der Waals surface area contributed by atoms with Crippen LogP contribution < -0.4 is 5.48 Å². The number of hydroxylamine groups is 1. The Morgan fingerprint density at radius 1 is 1.16 bits per heavy atom. The third kappa shape index (κ3) is 4.02. The molecule has 31 heavy (non-hydrogen) atoms. The highest BCUT2D eigenvalue weighted by molar-refractivity contribution is 5.80. The number of carboxylic acid groups (broad SMARTS) is 1. The molecular weight excluding hydrogens is 390 g/mol. The average molecular weight is 422 g/mol. The van der Waals surface area contributed by atoms with E-state index in [0.29, 0.717) is 11.8 Å². The van der Waals surface area contributed by atoms with Gasteiger partial charge in [-0.25, -0.2) is 4.79 Å². The van der Waals surface area contributed by atoms with E-state index in [9.17, 15) is 4.79 Å². The lowest BCUT2D eigenvalue weighted by molar-refractivity contribution is -0.131. The molecule has 3 N–H and O–H groups in total. The Hall–Kier alpha value is -2.21. The van der Waals surface area contributed by atoms with Crippen molar-refractivity contribution in [2.24, 2.45) is 17.8 Å². The molecule has 4 bridgehead atoms. The first kappa shape index (κ1) is 20.7. The van der Waals surface area contributed by atoms with E-state index in [-0.39, 0.29) is 6.73 Å². The van der Waals surface area contributed by atoms with Crippen molar-refractivity contribution < 1.29 is 19.8 Å². The molecular formula is C26H31NO4. The minimum Gasteiger partial charge on any atom is -0.478 e. The summed E-state index contributed by atoms with van der Waals surface area (Å²) >= 11 is 0. The van der Waals surface area contributed by atoms with E-state index in [0.717, 1.165) is 29.4 Å². The predicted molar refractivity (Wildman–Crippen MR) is 118 cm³/mol. The third-order valence-electron chi connectivity index (χ3n) is 7.95. The zero-order chi connectivity index (χ0) is 21.5. The molecule has 4 fully saturated rings. The van der Waals surface area contributed by atoms with Crippen molar-refractivity contribution in [2.45, 2.75) is 56.0 Å². The lowest BCUT2D eigenvalue weighted by Crippen LogP contribution is -2.48. The van der Waals surface area contributed by atoms with Crippen LogP contribution in [0, 0.1) is 17.8 Å². The molecule has 0 saturated heterocycles. The summed E-state index contributed by atoms with van der Waals surface area (Å²) in [4.78, 5) is 11.0. The number of hydrogen-bond acceptors (Lipinski definition) is 4. The molecule has 5 nitrogen and oxygen atoms in total. The highest BCUT2D eigenvalue weighted by Crippen LogP contribution is 2.60. The van der Waals surface area contributed by atoms with E-state index < -0.39 is 11.6 Å². The highest BCUT2D eigenvalue weighted by Gasteiger charge is 2.51. The Kier molecular flexibility index (Phi) is 5.37. The van der Waals surface area contributed by atoms with Crippen molar-refractivity contribution in [2.75, 3.05) is 6.73 Å². The van der Waals surface area contributed by atoms with Crippen LogP contribution in [-0.4, -0.2) is 28.6 Å². The number of nitrogens with one attached hydrogen (secondary N) is 1. The minimum atomic E-state index is -1.02. The van der Waals surface area contributed by atoms with Crippen molar-refractivity contribution in [3.05, 3.63) is 65.8 Å². The Morgan fingerprint density at radius 2 is 1.87 bits per heavy atom. The Labute approximate surface area is 183 Å². The van der Waals surface area contributed by atoms with Crippen LogP contribution in [0.2, 0.25) is 0 Å². The van der Waals surface area contributed by atoms with Gasteiger partial charge in [-0.3, -0.25) is 0 Å².